The van der Waals surface area contributed by atoms with Gasteiger partial charge in [-0.3, -0.25) is 4.79 Å². The van der Waals surface area contributed by atoms with Crippen molar-refractivity contribution < 1.29 is 27.8 Å². The number of halogens is 2. The summed E-state index contributed by atoms with van der Waals surface area (Å²) < 4.78 is 40.2. The van der Waals surface area contributed by atoms with E-state index in [1.54, 1.807) is 13.2 Å². The molecule has 6 heteroatoms. The van der Waals surface area contributed by atoms with Gasteiger partial charge in [0, 0.05) is 11.1 Å². The third-order valence-electron chi connectivity index (χ3n) is 4.82. The van der Waals surface area contributed by atoms with Crippen LogP contribution in [0, 0.1) is 13.8 Å². The average Bonchev–Trinajstić information content (AvgIpc) is 2.78. The lowest BCUT2D eigenvalue weighted by Gasteiger charge is -2.13. The molecule has 0 fully saturated rings. The van der Waals surface area contributed by atoms with E-state index in [4.69, 9.17) is 9.47 Å². The predicted molar refractivity (Wildman–Crippen MR) is 120 cm³/mol. The lowest BCUT2D eigenvalue weighted by Crippen LogP contribution is -2.02. The van der Waals surface area contributed by atoms with E-state index in [9.17, 15) is 13.6 Å². The Morgan fingerprint density at radius 2 is 1.72 bits per heavy atom. The Kier molecular flexibility index (Phi) is 7.60. The molecular weight excluding hydrogens is 414 g/mol. The van der Waals surface area contributed by atoms with Crippen molar-refractivity contribution in [3.8, 4) is 17.2 Å². The Morgan fingerprint density at radius 1 is 0.969 bits per heavy atom. The molecule has 3 aromatic carbocycles. The smallest absolute Gasteiger partial charge is 0.387 e. The molecule has 32 heavy (non-hydrogen) atoms. The van der Waals surface area contributed by atoms with Gasteiger partial charge in [0.1, 0.15) is 23.9 Å². The van der Waals surface area contributed by atoms with Gasteiger partial charge in [-0.1, -0.05) is 24.3 Å². The summed E-state index contributed by atoms with van der Waals surface area (Å²) in [5, 5.41) is 0. The summed E-state index contributed by atoms with van der Waals surface area (Å²) in [7, 11) is 1.59. The molecular formula is C26H24F2O4. The van der Waals surface area contributed by atoms with Crippen molar-refractivity contribution in [2.75, 3.05) is 7.11 Å². The molecule has 3 aromatic rings. The van der Waals surface area contributed by atoms with Crippen molar-refractivity contribution in [3.63, 3.8) is 0 Å². The van der Waals surface area contributed by atoms with Gasteiger partial charge < -0.3 is 14.2 Å². The number of ketones is 1. The molecule has 0 spiro atoms. The molecule has 0 saturated carbocycles. The van der Waals surface area contributed by atoms with Crippen LogP contribution in [0.4, 0.5) is 8.78 Å². The number of alkyl halides is 2. The van der Waals surface area contributed by atoms with Crippen LogP contribution < -0.4 is 14.2 Å². The molecule has 0 heterocycles. The van der Waals surface area contributed by atoms with E-state index in [1.165, 1.54) is 30.3 Å². The molecule has 0 radical (unpaired) electrons. The number of rotatable bonds is 9. The third-order valence-corrected chi connectivity index (χ3v) is 4.82. The first-order valence-electron chi connectivity index (χ1n) is 10.00. The molecule has 0 aromatic heterocycles. The topological polar surface area (TPSA) is 44.8 Å². The van der Waals surface area contributed by atoms with Gasteiger partial charge in [0.15, 0.2) is 5.78 Å². The molecule has 0 bridgehead atoms. The first kappa shape index (κ1) is 23.0. The second-order valence-electron chi connectivity index (χ2n) is 7.23. The predicted octanol–water partition coefficient (Wildman–Crippen LogP) is 6.39. The number of hydrogen-bond acceptors (Lipinski definition) is 4. The number of aryl methyl sites for hydroxylation is 2. The van der Waals surface area contributed by atoms with Gasteiger partial charge in [-0.25, -0.2) is 0 Å². The fourth-order valence-electron chi connectivity index (χ4n) is 3.10. The average molecular weight is 438 g/mol. The number of ether oxygens (including phenoxy) is 3. The lowest BCUT2D eigenvalue weighted by atomic mass is 10.1. The Balaban J connectivity index is 1.72. The first-order valence-corrected chi connectivity index (χ1v) is 10.00. The number of benzene rings is 3. The van der Waals surface area contributed by atoms with Gasteiger partial charge in [-0.2, -0.15) is 8.78 Å². The maximum absolute atomic E-state index is 12.4. The Morgan fingerprint density at radius 3 is 2.41 bits per heavy atom. The fraction of sp³-hybridized carbons (Fsp3) is 0.192. The highest BCUT2D eigenvalue weighted by Gasteiger charge is 2.09. The van der Waals surface area contributed by atoms with Gasteiger partial charge in [0.2, 0.25) is 0 Å². The van der Waals surface area contributed by atoms with Crippen LogP contribution in [-0.4, -0.2) is 19.5 Å². The van der Waals surface area contributed by atoms with Crippen molar-refractivity contribution in [1.29, 1.82) is 0 Å². The van der Waals surface area contributed by atoms with E-state index in [1.807, 2.05) is 50.2 Å². The zero-order chi connectivity index (χ0) is 23.1. The van der Waals surface area contributed by atoms with Crippen molar-refractivity contribution in [2.24, 2.45) is 0 Å². The summed E-state index contributed by atoms with van der Waals surface area (Å²) in [6.07, 6.45) is 3.12. The van der Waals surface area contributed by atoms with Crippen LogP contribution in [0.25, 0.3) is 6.08 Å². The molecule has 166 valence electrons. The fourth-order valence-corrected chi connectivity index (χ4v) is 3.10. The van der Waals surface area contributed by atoms with E-state index in [2.05, 4.69) is 4.74 Å². The molecule has 0 aliphatic rings. The summed E-state index contributed by atoms with van der Waals surface area (Å²) in [5.41, 5.74) is 4.17. The SMILES string of the molecule is COc1ccc(/C=C/C(=O)c2ccc(OC(F)F)cc2)cc1COc1cc(C)ccc1C. The highest BCUT2D eigenvalue weighted by Crippen LogP contribution is 2.25. The highest BCUT2D eigenvalue weighted by molar-refractivity contribution is 6.06. The van der Waals surface area contributed by atoms with Gasteiger partial charge in [-0.05, 0) is 79.1 Å². The van der Waals surface area contributed by atoms with Crippen LogP contribution in [0.5, 0.6) is 17.2 Å². The zero-order valence-electron chi connectivity index (χ0n) is 18.1. The maximum Gasteiger partial charge on any atom is 0.387 e. The monoisotopic (exact) mass is 438 g/mol. The van der Waals surface area contributed by atoms with Crippen LogP contribution >= 0.6 is 0 Å². The lowest BCUT2D eigenvalue weighted by molar-refractivity contribution is -0.0498. The summed E-state index contributed by atoms with van der Waals surface area (Å²) in [6.45, 7) is 1.41. The third kappa shape index (κ3) is 6.17. The number of allylic oxidation sites excluding steroid dienone is 1. The maximum atomic E-state index is 12.4. The number of methoxy groups -OCH3 is 1. The minimum atomic E-state index is -2.90. The molecule has 0 amide bonds. The summed E-state index contributed by atoms with van der Waals surface area (Å²) in [4.78, 5) is 12.4. The number of carbonyl (C=O) groups is 1. The van der Waals surface area contributed by atoms with Crippen LogP contribution in [0.3, 0.4) is 0 Å². The van der Waals surface area contributed by atoms with Crippen molar-refractivity contribution in [2.45, 2.75) is 27.1 Å². The largest absolute Gasteiger partial charge is 0.496 e. The second-order valence-corrected chi connectivity index (χ2v) is 7.23. The van der Waals surface area contributed by atoms with Crippen LogP contribution in [-0.2, 0) is 6.61 Å². The van der Waals surface area contributed by atoms with Gasteiger partial charge in [-0.15, -0.1) is 0 Å². The molecule has 0 atom stereocenters. The van der Waals surface area contributed by atoms with Crippen molar-refractivity contribution >= 4 is 11.9 Å². The van der Waals surface area contributed by atoms with Gasteiger partial charge in [0.05, 0.1) is 7.11 Å². The molecule has 0 unspecified atom stereocenters. The van der Waals surface area contributed by atoms with E-state index >= 15 is 0 Å². The standard InChI is InChI=1S/C26H24F2O4/c1-17-4-5-18(2)25(14-17)31-16-21-15-19(7-13-24(21)30-3)6-12-23(29)20-8-10-22(11-9-20)32-26(27)28/h4-15,26H,16H2,1-3H3/b12-6+. The minimum Gasteiger partial charge on any atom is -0.496 e. The van der Waals surface area contributed by atoms with Gasteiger partial charge >= 0.3 is 6.61 Å². The quantitative estimate of drug-likeness (QED) is 0.287. The molecule has 3 rings (SSSR count). The van der Waals surface area contributed by atoms with Crippen LogP contribution in [0.15, 0.2) is 66.7 Å². The Bertz CT molecular complexity index is 1110. The number of hydrogen-bond donors (Lipinski definition) is 0. The van der Waals surface area contributed by atoms with E-state index < -0.39 is 6.61 Å². The van der Waals surface area contributed by atoms with Crippen molar-refractivity contribution in [3.05, 3.63) is 94.6 Å². The zero-order valence-corrected chi connectivity index (χ0v) is 18.1. The van der Waals surface area contributed by atoms with Crippen molar-refractivity contribution in [1.82, 2.24) is 0 Å². The van der Waals surface area contributed by atoms with Gasteiger partial charge in [0.25, 0.3) is 0 Å². The summed E-state index contributed by atoms with van der Waals surface area (Å²) in [5.74, 6) is 1.25. The Hall–Kier alpha value is -3.67. The first-order chi connectivity index (χ1) is 15.4. The minimum absolute atomic E-state index is 0.00386. The van der Waals surface area contributed by atoms with E-state index in [0.29, 0.717) is 17.9 Å². The second kappa shape index (κ2) is 10.6. The summed E-state index contributed by atoms with van der Waals surface area (Å²) in [6, 6.07) is 17.2. The van der Waals surface area contributed by atoms with E-state index in [0.717, 1.165) is 28.0 Å². The van der Waals surface area contributed by atoms with Crippen LogP contribution in [0.1, 0.15) is 32.6 Å². The molecule has 0 N–H and O–H groups in total. The molecule has 0 saturated heterocycles. The normalized spacial score (nSPS) is 11.1. The molecule has 4 nitrogen and oxygen atoms in total. The highest BCUT2D eigenvalue weighted by atomic mass is 19.3. The molecule has 0 aliphatic heterocycles. The Labute approximate surface area is 186 Å². The number of carbonyl (C=O) groups excluding carboxylic acids is 1. The van der Waals surface area contributed by atoms with Crippen LogP contribution in [0.2, 0.25) is 0 Å². The molecule has 0 aliphatic carbocycles. The van der Waals surface area contributed by atoms with E-state index in [-0.39, 0.29) is 11.5 Å². The summed E-state index contributed by atoms with van der Waals surface area (Å²) >= 11 is 0.